The number of hydrogen-bond donors (Lipinski definition) is 2. The van der Waals surface area contributed by atoms with E-state index < -0.39 is 0 Å². The fraction of sp³-hybridized carbons (Fsp3) is 0.412. The predicted molar refractivity (Wildman–Crippen MR) is 89.6 cm³/mol. The molecule has 0 aliphatic rings. The number of anilines is 2. The van der Waals surface area contributed by atoms with Crippen LogP contribution in [0.4, 0.5) is 11.6 Å². The minimum Gasteiger partial charge on any atom is -0.370 e. The molecule has 1 aromatic carbocycles. The highest BCUT2D eigenvalue weighted by atomic mass is 15.1. The molecule has 4 heteroatoms. The number of aromatic nitrogens is 2. The lowest BCUT2D eigenvalue weighted by molar-refractivity contribution is 0.830. The maximum absolute atomic E-state index is 4.62. The Morgan fingerprint density at radius 1 is 1.05 bits per heavy atom. The van der Waals surface area contributed by atoms with Crippen LogP contribution < -0.4 is 10.6 Å². The van der Waals surface area contributed by atoms with Crippen LogP contribution in [-0.4, -0.2) is 22.6 Å². The maximum Gasteiger partial charge on any atom is 0.163 e. The number of rotatable bonds is 7. The van der Waals surface area contributed by atoms with Crippen LogP contribution >= 0.6 is 0 Å². The Morgan fingerprint density at radius 2 is 1.76 bits per heavy atom. The first-order chi connectivity index (χ1) is 10.2. The quantitative estimate of drug-likeness (QED) is 0.749. The van der Waals surface area contributed by atoms with E-state index in [4.69, 9.17) is 0 Å². The number of nitrogens with zero attached hydrogens (tertiary/aromatic N) is 2. The molecule has 0 spiro atoms. The van der Waals surface area contributed by atoms with Crippen molar-refractivity contribution < 1.29 is 0 Å². The van der Waals surface area contributed by atoms with Gasteiger partial charge in [0.2, 0.25) is 0 Å². The molecule has 0 unspecified atom stereocenters. The Morgan fingerprint density at radius 3 is 2.43 bits per heavy atom. The fourth-order valence-corrected chi connectivity index (χ4v) is 2.02. The molecular weight excluding hydrogens is 260 g/mol. The minimum atomic E-state index is 0.340. The van der Waals surface area contributed by atoms with Gasteiger partial charge in [-0.2, -0.15) is 0 Å². The zero-order valence-corrected chi connectivity index (χ0v) is 13.1. The topological polar surface area (TPSA) is 49.8 Å². The largest absolute Gasteiger partial charge is 0.370 e. The van der Waals surface area contributed by atoms with Gasteiger partial charge in [-0.3, -0.25) is 0 Å². The third-order valence-corrected chi connectivity index (χ3v) is 3.03. The Balaban J connectivity index is 2.28. The van der Waals surface area contributed by atoms with Crippen molar-refractivity contribution in [2.45, 2.75) is 39.7 Å². The zero-order valence-electron chi connectivity index (χ0n) is 13.1. The molecule has 2 aromatic rings. The molecule has 0 radical (unpaired) electrons. The van der Waals surface area contributed by atoms with Crippen LogP contribution in [0.25, 0.3) is 11.4 Å². The SMILES string of the molecule is CCCCNc1cc(NC(C)C)nc(-c2ccccc2)n1. The number of unbranched alkanes of at least 4 members (excludes halogenated alkanes) is 1. The molecule has 0 fully saturated rings. The van der Waals surface area contributed by atoms with Crippen molar-refractivity contribution in [2.75, 3.05) is 17.2 Å². The van der Waals surface area contributed by atoms with Gasteiger partial charge in [0.1, 0.15) is 11.6 Å². The van der Waals surface area contributed by atoms with Crippen LogP contribution in [0.3, 0.4) is 0 Å². The summed E-state index contributed by atoms with van der Waals surface area (Å²) in [6.45, 7) is 7.33. The van der Waals surface area contributed by atoms with E-state index in [0.717, 1.165) is 36.0 Å². The average molecular weight is 284 g/mol. The highest BCUT2D eigenvalue weighted by Crippen LogP contribution is 2.20. The zero-order chi connectivity index (χ0) is 15.1. The smallest absolute Gasteiger partial charge is 0.163 e. The Bertz CT molecular complexity index is 552. The first-order valence-electron chi connectivity index (χ1n) is 7.64. The Hall–Kier alpha value is -2.10. The molecular formula is C17H24N4. The predicted octanol–water partition coefficient (Wildman–Crippen LogP) is 4.18. The molecule has 21 heavy (non-hydrogen) atoms. The monoisotopic (exact) mass is 284 g/mol. The summed E-state index contributed by atoms with van der Waals surface area (Å²) < 4.78 is 0. The fourth-order valence-electron chi connectivity index (χ4n) is 2.02. The second-order valence-electron chi connectivity index (χ2n) is 5.41. The van der Waals surface area contributed by atoms with Crippen molar-refractivity contribution in [2.24, 2.45) is 0 Å². The van der Waals surface area contributed by atoms with Gasteiger partial charge in [-0.25, -0.2) is 9.97 Å². The Kier molecular flexibility index (Phi) is 5.55. The van der Waals surface area contributed by atoms with Gasteiger partial charge in [0, 0.05) is 24.2 Å². The third-order valence-electron chi connectivity index (χ3n) is 3.03. The van der Waals surface area contributed by atoms with E-state index in [1.54, 1.807) is 0 Å². The second-order valence-corrected chi connectivity index (χ2v) is 5.41. The van der Waals surface area contributed by atoms with Gasteiger partial charge >= 0.3 is 0 Å². The minimum absolute atomic E-state index is 0.340. The van der Waals surface area contributed by atoms with Crippen molar-refractivity contribution in [3.05, 3.63) is 36.4 Å². The molecule has 1 aromatic heterocycles. The molecule has 0 aliphatic carbocycles. The standard InChI is InChI=1S/C17H24N4/c1-4-5-11-18-15-12-16(19-13(2)3)21-17(20-15)14-9-7-6-8-10-14/h6-10,12-13H,4-5,11H2,1-3H3,(H2,18,19,20,21). The van der Waals surface area contributed by atoms with E-state index >= 15 is 0 Å². The van der Waals surface area contributed by atoms with Crippen LogP contribution in [0.1, 0.15) is 33.6 Å². The van der Waals surface area contributed by atoms with Crippen LogP contribution in [0.15, 0.2) is 36.4 Å². The molecule has 0 bridgehead atoms. The molecule has 0 saturated carbocycles. The van der Waals surface area contributed by atoms with Crippen LogP contribution in [0, 0.1) is 0 Å². The van der Waals surface area contributed by atoms with Gasteiger partial charge in [0.15, 0.2) is 5.82 Å². The van der Waals surface area contributed by atoms with Crippen LogP contribution in [-0.2, 0) is 0 Å². The lowest BCUT2D eigenvalue weighted by Crippen LogP contribution is -2.13. The summed E-state index contributed by atoms with van der Waals surface area (Å²) in [5, 5.41) is 6.73. The van der Waals surface area contributed by atoms with E-state index in [0.29, 0.717) is 6.04 Å². The molecule has 2 N–H and O–H groups in total. The average Bonchev–Trinajstić information content (AvgIpc) is 2.47. The summed E-state index contributed by atoms with van der Waals surface area (Å²) in [5.74, 6) is 2.48. The molecule has 0 aliphatic heterocycles. The highest BCUT2D eigenvalue weighted by Gasteiger charge is 2.07. The van der Waals surface area contributed by atoms with Crippen LogP contribution in [0.5, 0.6) is 0 Å². The molecule has 0 amide bonds. The summed E-state index contributed by atoms with van der Waals surface area (Å²) in [6.07, 6.45) is 2.30. The number of hydrogen-bond acceptors (Lipinski definition) is 4. The highest BCUT2D eigenvalue weighted by molar-refractivity contribution is 5.61. The summed E-state index contributed by atoms with van der Waals surface area (Å²) in [5.41, 5.74) is 1.03. The van der Waals surface area contributed by atoms with Crippen molar-refractivity contribution >= 4 is 11.6 Å². The Labute approximate surface area is 127 Å². The number of nitrogens with one attached hydrogen (secondary N) is 2. The summed E-state index contributed by atoms with van der Waals surface area (Å²) in [4.78, 5) is 9.23. The lowest BCUT2D eigenvalue weighted by Gasteiger charge is -2.13. The molecule has 2 rings (SSSR count). The number of benzene rings is 1. The maximum atomic E-state index is 4.62. The molecule has 0 saturated heterocycles. The van der Waals surface area contributed by atoms with E-state index in [1.807, 2.05) is 36.4 Å². The third kappa shape index (κ3) is 4.74. The van der Waals surface area contributed by atoms with Crippen molar-refractivity contribution in [1.29, 1.82) is 0 Å². The van der Waals surface area contributed by atoms with Crippen LogP contribution in [0.2, 0.25) is 0 Å². The van der Waals surface area contributed by atoms with E-state index in [2.05, 4.69) is 41.4 Å². The molecule has 4 nitrogen and oxygen atoms in total. The van der Waals surface area contributed by atoms with Gasteiger partial charge in [0.05, 0.1) is 0 Å². The van der Waals surface area contributed by atoms with Gasteiger partial charge in [-0.15, -0.1) is 0 Å². The normalized spacial score (nSPS) is 10.7. The summed E-state index contributed by atoms with van der Waals surface area (Å²) >= 11 is 0. The van der Waals surface area contributed by atoms with Crippen molar-refractivity contribution in [3.8, 4) is 11.4 Å². The van der Waals surface area contributed by atoms with Crippen molar-refractivity contribution in [3.63, 3.8) is 0 Å². The van der Waals surface area contributed by atoms with Gasteiger partial charge in [-0.1, -0.05) is 43.7 Å². The molecule has 0 atom stereocenters. The first kappa shape index (κ1) is 15.3. The first-order valence-corrected chi connectivity index (χ1v) is 7.64. The van der Waals surface area contributed by atoms with E-state index in [1.165, 1.54) is 6.42 Å². The lowest BCUT2D eigenvalue weighted by atomic mass is 10.2. The van der Waals surface area contributed by atoms with E-state index in [9.17, 15) is 0 Å². The summed E-state index contributed by atoms with van der Waals surface area (Å²) in [7, 11) is 0. The van der Waals surface area contributed by atoms with E-state index in [-0.39, 0.29) is 0 Å². The van der Waals surface area contributed by atoms with Gasteiger partial charge in [-0.05, 0) is 20.3 Å². The van der Waals surface area contributed by atoms with Gasteiger partial charge < -0.3 is 10.6 Å². The van der Waals surface area contributed by atoms with Crippen molar-refractivity contribution in [1.82, 2.24) is 9.97 Å². The molecule has 1 heterocycles. The summed E-state index contributed by atoms with van der Waals surface area (Å²) in [6, 6.07) is 12.4. The van der Waals surface area contributed by atoms with Gasteiger partial charge in [0.25, 0.3) is 0 Å². The second kappa shape index (κ2) is 7.62. The molecule has 112 valence electrons.